The van der Waals surface area contributed by atoms with Gasteiger partial charge in [0.2, 0.25) is 5.91 Å². The number of hydrogen-bond acceptors (Lipinski definition) is 4. The molecule has 3 aromatic rings. The molecule has 5 nitrogen and oxygen atoms in total. The van der Waals surface area contributed by atoms with Gasteiger partial charge in [-0.2, -0.15) is 0 Å². The van der Waals surface area contributed by atoms with Crippen molar-refractivity contribution in [1.82, 2.24) is 4.98 Å². The first-order valence-corrected chi connectivity index (χ1v) is 8.38. The first kappa shape index (κ1) is 17.7. The number of carbonyl (C=O) groups is 1. The molecular formula is C20H19FN2O3. The summed E-state index contributed by atoms with van der Waals surface area (Å²) in [6, 6.07) is 13.5. The Balaban J connectivity index is 1.54. The molecule has 1 N–H and O–H groups in total. The Kier molecular flexibility index (Phi) is 5.63. The SMILES string of the molecule is CCOc1ccc(NC(=O)CCc2ncc(-c3ccccc3F)o2)cc1. The summed E-state index contributed by atoms with van der Waals surface area (Å²) in [5.74, 6) is 0.976. The van der Waals surface area contributed by atoms with Crippen LogP contribution in [0.2, 0.25) is 0 Å². The summed E-state index contributed by atoms with van der Waals surface area (Å²) in [6.45, 7) is 2.51. The van der Waals surface area contributed by atoms with Crippen molar-refractivity contribution >= 4 is 11.6 Å². The minimum atomic E-state index is -0.372. The number of oxazole rings is 1. The fraction of sp³-hybridized carbons (Fsp3) is 0.200. The van der Waals surface area contributed by atoms with Crippen molar-refractivity contribution in [2.45, 2.75) is 19.8 Å². The van der Waals surface area contributed by atoms with Crippen LogP contribution >= 0.6 is 0 Å². The standard InChI is InChI=1S/C20H19FN2O3/c1-2-25-15-9-7-14(8-10-15)23-19(24)11-12-20-22-13-18(26-20)16-5-3-4-6-17(16)21/h3-10,13H,2,11-12H2,1H3,(H,23,24). The fourth-order valence-corrected chi connectivity index (χ4v) is 2.46. The quantitative estimate of drug-likeness (QED) is 0.681. The molecule has 0 radical (unpaired) electrons. The maximum Gasteiger partial charge on any atom is 0.224 e. The molecular weight excluding hydrogens is 335 g/mol. The number of amides is 1. The Morgan fingerprint density at radius 3 is 2.69 bits per heavy atom. The molecule has 0 atom stereocenters. The van der Waals surface area contributed by atoms with Crippen molar-refractivity contribution in [3.63, 3.8) is 0 Å². The molecule has 0 unspecified atom stereocenters. The molecule has 26 heavy (non-hydrogen) atoms. The Bertz CT molecular complexity index is 875. The fourth-order valence-electron chi connectivity index (χ4n) is 2.46. The topological polar surface area (TPSA) is 64.4 Å². The van der Waals surface area contributed by atoms with E-state index in [0.717, 1.165) is 5.75 Å². The van der Waals surface area contributed by atoms with E-state index in [4.69, 9.17) is 9.15 Å². The normalized spacial score (nSPS) is 10.5. The van der Waals surface area contributed by atoms with E-state index >= 15 is 0 Å². The first-order chi connectivity index (χ1) is 12.7. The summed E-state index contributed by atoms with van der Waals surface area (Å²) in [7, 11) is 0. The van der Waals surface area contributed by atoms with Gasteiger partial charge in [-0.25, -0.2) is 9.37 Å². The predicted octanol–water partition coefficient (Wildman–Crippen LogP) is 4.45. The van der Waals surface area contributed by atoms with E-state index in [1.54, 1.807) is 42.5 Å². The number of ether oxygens (including phenoxy) is 1. The molecule has 0 aliphatic heterocycles. The van der Waals surface area contributed by atoms with Crippen LogP contribution in [-0.2, 0) is 11.2 Å². The number of halogens is 1. The Hall–Kier alpha value is -3.15. The number of rotatable bonds is 7. The van der Waals surface area contributed by atoms with Crippen molar-refractivity contribution in [3.8, 4) is 17.1 Å². The molecule has 0 spiro atoms. The van der Waals surface area contributed by atoms with Gasteiger partial charge in [-0.05, 0) is 43.3 Å². The van der Waals surface area contributed by atoms with E-state index < -0.39 is 0 Å². The van der Waals surface area contributed by atoms with Crippen molar-refractivity contribution in [2.24, 2.45) is 0 Å². The molecule has 3 rings (SSSR count). The number of carbonyl (C=O) groups excluding carboxylic acids is 1. The van der Waals surface area contributed by atoms with Crippen LogP contribution < -0.4 is 10.1 Å². The van der Waals surface area contributed by atoms with Crippen LogP contribution in [0.15, 0.2) is 59.1 Å². The maximum absolute atomic E-state index is 13.8. The highest BCUT2D eigenvalue weighted by Crippen LogP contribution is 2.23. The number of anilines is 1. The van der Waals surface area contributed by atoms with Crippen LogP contribution in [0, 0.1) is 5.82 Å². The smallest absolute Gasteiger partial charge is 0.224 e. The van der Waals surface area contributed by atoms with Crippen molar-refractivity contribution < 1.29 is 18.3 Å². The number of hydrogen-bond donors (Lipinski definition) is 1. The molecule has 2 aromatic carbocycles. The van der Waals surface area contributed by atoms with Crippen LogP contribution in [0.5, 0.6) is 5.75 Å². The number of aryl methyl sites for hydroxylation is 1. The van der Waals surface area contributed by atoms with Crippen LogP contribution in [-0.4, -0.2) is 17.5 Å². The Morgan fingerprint density at radius 1 is 1.19 bits per heavy atom. The largest absolute Gasteiger partial charge is 0.494 e. The van der Waals surface area contributed by atoms with Crippen LogP contribution in [0.1, 0.15) is 19.2 Å². The lowest BCUT2D eigenvalue weighted by atomic mass is 10.2. The zero-order valence-corrected chi connectivity index (χ0v) is 14.4. The summed E-state index contributed by atoms with van der Waals surface area (Å²) in [5.41, 5.74) is 1.04. The molecule has 0 saturated carbocycles. The average molecular weight is 354 g/mol. The van der Waals surface area contributed by atoms with Crippen LogP contribution in [0.25, 0.3) is 11.3 Å². The van der Waals surface area contributed by atoms with Gasteiger partial charge in [-0.3, -0.25) is 4.79 Å². The third-order valence-electron chi connectivity index (χ3n) is 3.71. The molecule has 0 bridgehead atoms. The van der Waals surface area contributed by atoms with Gasteiger partial charge in [0.15, 0.2) is 11.7 Å². The van der Waals surface area contributed by atoms with Gasteiger partial charge in [0.05, 0.1) is 18.4 Å². The van der Waals surface area contributed by atoms with E-state index in [1.165, 1.54) is 12.3 Å². The second-order valence-corrected chi connectivity index (χ2v) is 5.60. The van der Waals surface area contributed by atoms with Crippen molar-refractivity contribution in [2.75, 3.05) is 11.9 Å². The van der Waals surface area contributed by atoms with Crippen molar-refractivity contribution in [3.05, 3.63) is 66.4 Å². The van der Waals surface area contributed by atoms with Crippen molar-refractivity contribution in [1.29, 1.82) is 0 Å². The van der Waals surface area contributed by atoms with Gasteiger partial charge in [0.1, 0.15) is 11.6 Å². The molecule has 0 fully saturated rings. The highest BCUT2D eigenvalue weighted by Gasteiger charge is 2.12. The second kappa shape index (κ2) is 8.29. The van der Waals surface area contributed by atoms with E-state index in [2.05, 4.69) is 10.3 Å². The summed E-state index contributed by atoms with van der Waals surface area (Å²) in [6.07, 6.45) is 2.01. The Labute approximate surface area is 150 Å². The predicted molar refractivity (Wildman–Crippen MR) is 96.5 cm³/mol. The molecule has 0 aliphatic rings. The van der Waals surface area contributed by atoms with Crippen LogP contribution in [0.4, 0.5) is 10.1 Å². The summed E-state index contributed by atoms with van der Waals surface area (Å²) in [5, 5.41) is 2.81. The summed E-state index contributed by atoms with van der Waals surface area (Å²) in [4.78, 5) is 16.2. The third-order valence-corrected chi connectivity index (χ3v) is 3.71. The molecule has 1 amide bonds. The lowest BCUT2D eigenvalue weighted by molar-refractivity contribution is -0.116. The molecule has 6 heteroatoms. The third kappa shape index (κ3) is 4.47. The summed E-state index contributed by atoms with van der Waals surface area (Å²) >= 11 is 0. The molecule has 0 aliphatic carbocycles. The van der Waals surface area contributed by atoms with E-state index in [0.29, 0.717) is 35.9 Å². The molecule has 134 valence electrons. The van der Waals surface area contributed by atoms with Gasteiger partial charge in [0, 0.05) is 18.5 Å². The number of nitrogens with one attached hydrogen (secondary N) is 1. The lowest BCUT2D eigenvalue weighted by Gasteiger charge is -2.06. The monoisotopic (exact) mass is 354 g/mol. The first-order valence-electron chi connectivity index (χ1n) is 8.38. The Morgan fingerprint density at radius 2 is 1.96 bits per heavy atom. The van der Waals surface area contributed by atoms with Gasteiger partial charge in [-0.1, -0.05) is 12.1 Å². The second-order valence-electron chi connectivity index (χ2n) is 5.60. The zero-order chi connectivity index (χ0) is 18.4. The van der Waals surface area contributed by atoms with Gasteiger partial charge < -0.3 is 14.5 Å². The van der Waals surface area contributed by atoms with Crippen LogP contribution in [0.3, 0.4) is 0 Å². The molecule has 0 saturated heterocycles. The van der Waals surface area contributed by atoms with E-state index in [9.17, 15) is 9.18 Å². The number of benzene rings is 2. The van der Waals surface area contributed by atoms with E-state index in [-0.39, 0.29) is 18.1 Å². The average Bonchev–Trinajstić information content (AvgIpc) is 3.11. The maximum atomic E-state index is 13.8. The lowest BCUT2D eigenvalue weighted by Crippen LogP contribution is -2.12. The molecule has 1 aromatic heterocycles. The van der Waals surface area contributed by atoms with Gasteiger partial charge in [0.25, 0.3) is 0 Å². The highest BCUT2D eigenvalue weighted by atomic mass is 19.1. The summed E-state index contributed by atoms with van der Waals surface area (Å²) < 4.78 is 24.7. The minimum absolute atomic E-state index is 0.153. The van der Waals surface area contributed by atoms with Gasteiger partial charge in [-0.15, -0.1) is 0 Å². The van der Waals surface area contributed by atoms with Gasteiger partial charge >= 0.3 is 0 Å². The number of nitrogens with zero attached hydrogens (tertiary/aromatic N) is 1. The minimum Gasteiger partial charge on any atom is -0.494 e. The highest BCUT2D eigenvalue weighted by molar-refractivity contribution is 5.90. The molecule has 1 heterocycles. The number of aromatic nitrogens is 1. The zero-order valence-electron chi connectivity index (χ0n) is 14.4. The van der Waals surface area contributed by atoms with E-state index in [1.807, 2.05) is 6.92 Å².